The molecule has 3 rings (SSSR count). The Morgan fingerprint density at radius 2 is 1.86 bits per heavy atom. The van der Waals surface area contributed by atoms with Gasteiger partial charge in [0.2, 0.25) is 0 Å². The van der Waals surface area contributed by atoms with Crippen LogP contribution in [-0.2, 0) is 0 Å². The Kier molecular flexibility index (Phi) is 3.83. The van der Waals surface area contributed by atoms with Crippen molar-refractivity contribution in [1.29, 1.82) is 0 Å². The van der Waals surface area contributed by atoms with Crippen LogP contribution in [0, 0.1) is 20.8 Å². The quantitative estimate of drug-likeness (QED) is 0.586. The predicted octanol–water partition coefficient (Wildman–Crippen LogP) is 4.00. The summed E-state index contributed by atoms with van der Waals surface area (Å²) in [4.78, 5) is 8.95. The first-order valence-corrected chi connectivity index (χ1v) is 7.22. The Bertz CT molecular complexity index is 853. The number of pyridine rings is 2. The molecular weight excluding hydrogens is 272 g/mol. The molecule has 22 heavy (non-hydrogen) atoms. The van der Waals surface area contributed by atoms with Gasteiger partial charge in [0.05, 0.1) is 17.4 Å². The zero-order chi connectivity index (χ0) is 15.5. The zero-order valence-electron chi connectivity index (χ0n) is 13.0. The van der Waals surface area contributed by atoms with Crippen molar-refractivity contribution < 1.29 is 0 Å². The van der Waals surface area contributed by atoms with Crippen molar-refractivity contribution in [3.8, 4) is 0 Å². The summed E-state index contributed by atoms with van der Waals surface area (Å²) in [6, 6.07) is 14.1. The number of benzene rings is 1. The Morgan fingerprint density at radius 3 is 2.68 bits per heavy atom. The number of aryl methyl sites for hydroxylation is 3. The minimum Gasteiger partial charge on any atom is -0.261 e. The van der Waals surface area contributed by atoms with Crippen LogP contribution in [0.4, 0.5) is 5.82 Å². The van der Waals surface area contributed by atoms with Crippen LogP contribution in [0.3, 0.4) is 0 Å². The summed E-state index contributed by atoms with van der Waals surface area (Å²) in [5.74, 6) is 0.734. The van der Waals surface area contributed by atoms with Gasteiger partial charge in [-0.05, 0) is 56.7 Å². The van der Waals surface area contributed by atoms with Gasteiger partial charge in [-0.3, -0.25) is 10.4 Å². The second-order valence-corrected chi connectivity index (χ2v) is 5.42. The van der Waals surface area contributed by atoms with E-state index in [1.165, 1.54) is 16.5 Å². The molecule has 0 spiro atoms. The molecule has 0 saturated heterocycles. The van der Waals surface area contributed by atoms with E-state index in [1.807, 2.05) is 37.3 Å². The molecular formula is C18H18N4. The fraction of sp³-hybridized carbons (Fsp3) is 0.167. The number of fused-ring (bicyclic) bond motifs is 1. The highest BCUT2D eigenvalue weighted by Gasteiger charge is 2.02. The molecule has 0 radical (unpaired) electrons. The first kappa shape index (κ1) is 14.2. The Labute approximate surface area is 129 Å². The van der Waals surface area contributed by atoms with Gasteiger partial charge in [0.15, 0.2) is 0 Å². The molecule has 0 atom stereocenters. The molecule has 2 aromatic heterocycles. The molecule has 1 aromatic carbocycles. The topological polar surface area (TPSA) is 50.2 Å². The first-order chi connectivity index (χ1) is 10.6. The van der Waals surface area contributed by atoms with Gasteiger partial charge in [-0.15, -0.1) is 0 Å². The van der Waals surface area contributed by atoms with Crippen LogP contribution < -0.4 is 5.43 Å². The second kappa shape index (κ2) is 5.93. The molecule has 0 unspecified atom stereocenters. The number of anilines is 1. The molecule has 4 heteroatoms. The maximum absolute atomic E-state index is 4.58. The van der Waals surface area contributed by atoms with Crippen LogP contribution in [0.2, 0.25) is 0 Å². The van der Waals surface area contributed by atoms with E-state index in [0.29, 0.717) is 0 Å². The normalized spacial score (nSPS) is 11.2. The lowest BCUT2D eigenvalue weighted by Gasteiger charge is -2.06. The van der Waals surface area contributed by atoms with Gasteiger partial charge >= 0.3 is 0 Å². The van der Waals surface area contributed by atoms with Gasteiger partial charge < -0.3 is 0 Å². The molecule has 0 bridgehead atoms. The molecule has 0 fully saturated rings. The summed E-state index contributed by atoms with van der Waals surface area (Å²) < 4.78 is 0. The summed E-state index contributed by atoms with van der Waals surface area (Å²) in [5.41, 5.74) is 8.16. The third kappa shape index (κ3) is 3.11. The number of rotatable bonds is 3. The summed E-state index contributed by atoms with van der Waals surface area (Å²) in [6.07, 6.45) is 1.70. The maximum atomic E-state index is 4.58. The van der Waals surface area contributed by atoms with E-state index in [1.54, 1.807) is 6.21 Å². The summed E-state index contributed by atoms with van der Waals surface area (Å²) in [6.45, 7) is 6.13. The van der Waals surface area contributed by atoms with Crippen molar-refractivity contribution in [3.05, 3.63) is 65.0 Å². The van der Waals surface area contributed by atoms with Crippen molar-refractivity contribution in [1.82, 2.24) is 9.97 Å². The number of aromatic nitrogens is 2. The zero-order valence-corrected chi connectivity index (χ0v) is 13.0. The van der Waals surface area contributed by atoms with Crippen LogP contribution in [0.15, 0.2) is 47.6 Å². The van der Waals surface area contributed by atoms with Gasteiger partial charge in [0, 0.05) is 11.1 Å². The average Bonchev–Trinajstić information content (AvgIpc) is 2.48. The lowest BCUT2D eigenvalue weighted by molar-refractivity contribution is 1.18. The van der Waals surface area contributed by atoms with Crippen LogP contribution >= 0.6 is 0 Å². The van der Waals surface area contributed by atoms with E-state index in [4.69, 9.17) is 0 Å². The van der Waals surface area contributed by atoms with Gasteiger partial charge in [-0.2, -0.15) is 5.10 Å². The Hall–Kier alpha value is -2.75. The third-order valence-corrected chi connectivity index (χ3v) is 3.46. The smallest absolute Gasteiger partial charge is 0.147 e. The lowest BCUT2D eigenvalue weighted by Crippen LogP contribution is -1.97. The van der Waals surface area contributed by atoms with Crippen LogP contribution in [0.1, 0.15) is 22.5 Å². The third-order valence-electron chi connectivity index (χ3n) is 3.46. The molecule has 110 valence electrons. The van der Waals surface area contributed by atoms with E-state index in [9.17, 15) is 0 Å². The Morgan fingerprint density at radius 1 is 1.00 bits per heavy atom. The van der Waals surface area contributed by atoms with E-state index >= 15 is 0 Å². The molecule has 0 saturated carbocycles. The molecule has 1 N–H and O–H groups in total. The molecule has 4 nitrogen and oxygen atoms in total. The summed E-state index contributed by atoms with van der Waals surface area (Å²) in [5, 5.41) is 5.39. The largest absolute Gasteiger partial charge is 0.261 e. The molecule has 0 amide bonds. The number of hydrogen-bond acceptors (Lipinski definition) is 4. The van der Waals surface area contributed by atoms with Crippen LogP contribution in [-0.4, -0.2) is 16.2 Å². The highest BCUT2D eigenvalue weighted by molar-refractivity contribution is 5.84. The molecule has 2 heterocycles. The monoisotopic (exact) mass is 290 g/mol. The van der Waals surface area contributed by atoms with Crippen molar-refractivity contribution in [2.45, 2.75) is 20.8 Å². The molecule has 0 aliphatic heterocycles. The van der Waals surface area contributed by atoms with Gasteiger partial charge in [0.25, 0.3) is 0 Å². The molecule has 3 aromatic rings. The van der Waals surface area contributed by atoms with Gasteiger partial charge in [-0.1, -0.05) is 17.7 Å². The van der Waals surface area contributed by atoms with Crippen molar-refractivity contribution >= 4 is 22.9 Å². The van der Waals surface area contributed by atoms with Crippen molar-refractivity contribution in [2.75, 3.05) is 5.43 Å². The molecule has 0 aliphatic rings. The Balaban J connectivity index is 1.84. The van der Waals surface area contributed by atoms with Crippen LogP contribution in [0.25, 0.3) is 10.9 Å². The SMILES string of the molecule is Cc1ccc2nc(N/N=C/c3cccc(C)n3)cc(C)c2c1. The van der Waals surface area contributed by atoms with E-state index in [2.05, 4.69) is 46.5 Å². The van der Waals surface area contributed by atoms with E-state index in [-0.39, 0.29) is 0 Å². The summed E-state index contributed by atoms with van der Waals surface area (Å²) in [7, 11) is 0. The average molecular weight is 290 g/mol. The van der Waals surface area contributed by atoms with Gasteiger partial charge in [-0.25, -0.2) is 4.98 Å². The number of nitrogens with zero attached hydrogens (tertiary/aromatic N) is 3. The number of hydrazone groups is 1. The van der Waals surface area contributed by atoms with Crippen molar-refractivity contribution in [2.24, 2.45) is 5.10 Å². The van der Waals surface area contributed by atoms with Crippen LogP contribution in [0.5, 0.6) is 0 Å². The number of nitrogens with one attached hydrogen (secondary N) is 1. The fourth-order valence-corrected chi connectivity index (χ4v) is 2.37. The summed E-state index contributed by atoms with van der Waals surface area (Å²) >= 11 is 0. The molecule has 0 aliphatic carbocycles. The van der Waals surface area contributed by atoms with E-state index in [0.717, 1.165) is 22.7 Å². The fourth-order valence-electron chi connectivity index (χ4n) is 2.37. The standard InChI is InChI=1S/C18H18N4/c1-12-7-8-17-16(9-12)13(2)10-18(21-17)22-19-11-15-6-4-5-14(3)20-15/h4-11H,1-3H3,(H,21,22)/b19-11+. The van der Waals surface area contributed by atoms with Gasteiger partial charge in [0.1, 0.15) is 5.82 Å². The lowest BCUT2D eigenvalue weighted by atomic mass is 10.1. The highest BCUT2D eigenvalue weighted by atomic mass is 15.3. The minimum absolute atomic E-state index is 0.734. The second-order valence-electron chi connectivity index (χ2n) is 5.42. The highest BCUT2D eigenvalue weighted by Crippen LogP contribution is 2.21. The maximum Gasteiger partial charge on any atom is 0.147 e. The minimum atomic E-state index is 0.734. The predicted molar refractivity (Wildman–Crippen MR) is 91.4 cm³/mol. The first-order valence-electron chi connectivity index (χ1n) is 7.22. The van der Waals surface area contributed by atoms with E-state index < -0.39 is 0 Å². The van der Waals surface area contributed by atoms with Crippen molar-refractivity contribution in [3.63, 3.8) is 0 Å². The number of hydrogen-bond donors (Lipinski definition) is 1.